The van der Waals surface area contributed by atoms with Gasteiger partial charge in [0.05, 0.1) is 31.7 Å². The first-order chi connectivity index (χ1) is 13.7. The van der Waals surface area contributed by atoms with Crippen LogP contribution in [0.5, 0.6) is 0 Å². The smallest absolute Gasteiger partial charge is 0.280 e. The Morgan fingerprint density at radius 1 is 1.14 bits per heavy atom. The van der Waals surface area contributed by atoms with Crippen molar-refractivity contribution in [2.45, 2.75) is 20.4 Å². The Hall–Kier alpha value is -3.66. The summed E-state index contributed by atoms with van der Waals surface area (Å²) in [5.41, 5.74) is 1.67. The molecule has 3 rings (SSSR count). The largest absolute Gasteiger partial charge is 0.312 e. The molecule has 0 aliphatic carbocycles. The van der Waals surface area contributed by atoms with E-state index < -0.39 is 27.1 Å². The van der Waals surface area contributed by atoms with Crippen LogP contribution < -0.4 is 4.80 Å². The van der Waals surface area contributed by atoms with E-state index in [1.807, 2.05) is 30.5 Å². The summed E-state index contributed by atoms with van der Waals surface area (Å²) < 4.78 is 2.77. The van der Waals surface area contributed by atoms with Crippen molar-refractivity contribution < 1.29 is 14.6 Å². The molecule has 3 aromatic rings. The van der Waals surface area contributed by atoms with Crippen molar-refractivity contribution in [3.8, 4) is 0 Å². The van der Waals surface area contributed by atoms with Crippen molar-refractivity contribution in [1.29, 1.82) is 0 Å². The first kappa shape index (κ1) is 20.1. The van der Waals surface area contributed by atoms with Crippen molar-refractivity contribution in [3.63, 3.8) is 0 Å². The van der Waals surface area contributed by atoms with E-state index in [-0.39, 0.29) is 5.56 Å². The lowest BCUT2D eigenvalue weighted by Gasteiger charge is -2.03. The van der Waals surface area contributed by atoms with Crippen LogP contribution in [0.25, 0.3) is 10.2 Å². The minimum Gasteiger partial charge on any atom is -0.312 e. The molecule has 10 heteroatoms. The van der Waals surface area contributed by atoms with E-state index in [0.29, 0.717) is 11.3 Å². The average Bonchev–Trinajstić information content (AvgIpc) is 2.99. The van der Waals surface area contributed by atoms with Gasteiger partial charge < -0.3 is 4.57 Å². The van der Waals surface area contributed by atoms with Crippen molar-refractivity contribution in [2.24, 2.45) is 4.99 Å². The Labute approximate surface area is 168 Å². The molecule has 1 aromatic heterocycles. The Morgan fingerprint density at radius 2 is 1.76 bits per heavy atom. The number of carbonyl (C=O) groups excluding carboxylic acids is 1. The van der Waals surface area contributed by atoms with Gasteiger partial charge in [0.15, 0.2) is 4.80 Å². The molecule has 0 aliphatic heterocycles. The number of aromatic nitrogens is 1. The van der Waals surface area contributed by atoms with Gasteiger partial charge in [0.2, 0.25) is 0 Å². The highest BCUT2D eigenvalue weighted by molar-refractivity contribution is 7.16. The summed E-state index contributed by atoms with van der Waals surface area (Å²) in [7, 11) is 0. The zero-order chi connectivity index (χ0) is 21.3. The molecule has 1 amide bonds. The summed E-state index contributed by atoms with van der Waals surface area (Å²) in [5.74, 6) is -0.796. The highest BCUT2D eigenvalue weighted by Crippen LogP contribution is 2.25. The number of hydrogen-bond donors (Lipinski definition) is 0. The fourth-order valence-electron chi connectivity index (χ4n) is 2.98. The molecule has 0 radical (unpaired) electrons. The van der Waals surface area contributed by atoms with Gasteiger partial charge in [-0.3, -0.25) is 25.0 Å². The van der Waals surface area contributed by atoms with Crippen LogP contribution in [0, 0.1) is 34.1 Å². The highest BCUT2D eigenvalue weighted by Gasteiger charge is 2.20. The summed E-state index contributed by atoms with van der Waals surface area (Å²) in [6.07, 6.45) is 1.67. The number of rotatable bonds is 5. The first-order valence-electron chi connectivity index (χ1n) is 8.45. The number of aryl methyl sites for hydroxylation is 2. The van der Waals surface area contributed by atoms with E-state index in [0.717, 1.165) is 39.5 Å². The van der Waals surface area contributed by atoms with E-state index >= 15 is 0 Å². The van der Waals surface area contributed by atoms with Crippen LogP contribution in [-0.2, 0) is 6.54 Å². The van der Waals surface area contributed by atoms with Crippen molar-refractivity contribution in [1.82, 2.24) is 4.57 Å². The molecule has 0 unspecified atom stereocenters. The second-order valence-electron chi connectivity index (χ2n) is 6.38. The molecule has 0 saturated carbocycles. The maximum Gasteiger partial charge on any atom is 0.280 e. The van der Waals surface area contributed by atoms with E-state index in [2.05, 4.69) is 11.6 Å². The monoisotopic (exact) mass is 412 g/mol. The zero-order valence-corrected chi connectivity index (χ0v) is 16.4. The molecule has 0 spiro atoms. The fraction of sp³-hybridized carbons (Fsp3) is 0.158. The number of nitro benzene ring substituents is 2. The molecule has 1 heterocycles. The zero-order valence-electron chi connectivity index (χ0n) is 15.6. The second-order valence-corrected chi connectivity index (χ2v) is 7.36. The van der Waals surface area contributed by atoms with Crippen LogP contribution in [0.4, 0.5) is 11.4 Å². The van der Waals surface area contributed by atoms with Crippen LogP contribution in [0.3, 0.4) is 0 Å². The van der Waals surface area contributed by atoms with Gasteiger partial charge in [0.1, 0.15) is 0 Å². The average molecular weight is 412 g/mol. The van der Waals surface area contributed by atoms with E-state index in [1.165, 1.54) is 11.3 Å². The predicted octanol–water partition coefficient (Wildman–Crippen LogP) is 4.06. The SMILES string of the molecule is C=CCn1c(=NC(=O)c2cc([N+](=O)[O-])cc([N+](=O)[O-])c2)sc2c(C)cc(C)cc21. The van der Waals surface area contributed by atoms with Crippen LogP contribution in [0.2, 0.25) is 0 Å². The topological polar surface area (TPSA) is 121 Å². The number of nitro groups is 2. The van der Waals surface area contributed by atoms with Crippen LogP contribution in [0.1, 0.15) is 21.5 Å². The Balaban J connectivity index is 2.21. The van der Waals surface area contributed by atoms with Gasteiger partial charge in [-0.15, -0.1) is 6.58 Å². The maximum atomic E-state index is 12.7. The van der Waals surface area contributed by atoms with Gasteiger partial charge >= 0.3 is 0 Å². The van der Waals surface area contributed by atoms with Crippen LogP contribution >= 0.6 is 11.3 Å². The lowest BCUT2D eigenvalue weighted by molar-refractivity contribution is -0.394. The van der Waals surface area contributed by atoms with Gasteiger partial charge in [-0.25, -0.2) is 0 Å². The Bertz CT molecular complexity index is 1220. The number of carbonyl (C=O) groups is 1. The molecule has 0 aliphatic rings. The second kappa shape index (κ2) is 7.76. The molecule has 0 bridgehead atoms. The van der Waals surface area contributed by atoms with Gasteiger partial charge in [-0.2, -0.15) is 4.99 Å². The molecule has 2 aromatic carbocycles. The van der Waals surface area contributed by atoms with Crippen LogP contribution in [-0.4, -0.2) is 20.3 Å². The van der Waals surface area contributed by atoms with Gasteiger partial charge in [0.25, 0.3) is 17.3 Å². The van der Waals surface area contributed by atoms with E-state index in [1.54, 1.807) is 6.08 Å². The molecular formula is C19H16N4O5S. The number of fused-ring (bicyclic) bond motifs is 1. The standard InChI is InChI=1S/C19H16N4O5S/c1-4-5-21-16-7-11(2)6-12(3)17(16)29-19(21)20-18(24)13-8-14(22(25)26)10-15(9-13)23(27)28/h4,6-10H,1,5H2,2-3H3. The summed E-state index contributed by atoms with van der Waals surface area (Å²) in [6, 6.07) is 6.77. The maximum absolute atomic E-state index is 12.7. The molecule has 148 valence electrons. The summed E-state index contributed by atoms with van der Waals surface area (Å²) >= 11 is 1.30. The molecule has 0 fully saturated rings. The first-order valence-corrected chi connectivity index (χ1v) is 9.27. The third-order valence-electron chi connectivity index (χ3n) is 4.19. The van der Waals surface area contributed by atoms with Crippen LogP contribution in [0.15, 0.2) is 48.0 Å². The molecule has 9 nitrogen and oxygen atoms in total. The van der Waals surface area contributed by atoms with Gasteiger partial charge in [-0.05, 0) is 31.0 Å². The molecule has 29 heavy (non-hydrogen) atoms. The van der Waals surface area contributed by atoms with Crippen molar-refractivity contribution in [3.05, 3.63) is 84.7 Å². The highest BCUT2D eigenvalue weighted by atomic mass is 32.1. The quantitative estimate of drug-likeness (QED) is 0.355. The number of amides is 1. The lowest BCUT2D eigenvalue weighted by atomic mass is 10.1. The number of benzene rings is 2. The molecule has 0 atom stereocenters. The fourth-order valence-corrected chi connectivity index (χ4v) is 4.07. The number of thiazole rings is 1. The third kappa shape index (κ3) is 3.97. The minimum atomic E-state index is -0.796. The van der Waals surface area contributed by atoms with Gasteiger partial charge in [0, 0.05) is 18.7 Å². The lowest BCUT2D eigenvalue weighted by Crippen LogP contribution is -2.16. The van der Waals surface area contributed by atoms with Crippen molar-refractivity contribution >= 4 is 38.8 Å². The molecule has 0 N–H and O–H groups in total. The Morgan fingerprint density at radius 3 is 2.31 bits per heavy atom. The summed E-state index contributed by atoms with van der Waals surface area (Å²) in [4.78, 5) is 37.7. The van der Waals surface area contributed by atoms with E-state index in [4.69, 9.17) is 0 Å². The summed E-state index contributed by atoms with van der Waals surface area (Å²) in [6.45, 7) is 8.06. The number of nitrogens with zero attached hydrogens (tertiary/aromatic N) is 4. The van der Waals surface area contributed by atoms with Crippen molar-refractivity contribution in [2.75, 3.05) is 0 Å². The Kier molecular flexibility index (Phi) is 5.37. The normalized spacial score (nSPS) is 11.6. The predicted molar refractivity (Wildman–Crippen MR) is 109 cm³/mol. The minimum absolute atomic E-state index is 0.221. The van der Waals surface area contributed by atoms with Gasteiger partial charge in [-0.1, -0.05) is 23.5 Å². The number of non-ortho nitro benzene ring substituents is 2. The molecule has 0 saturated heterocycles. The third-order valence-corrected chi connectivity index (χ3v) is 5.42. The number of allylic oxidation sites excluding steroid dienone is 1. The summed E-state index contributed by atoms with van der Waals surface area (Å²) in [5, 5.41) is 22.1. The number of hydrogen-bond acceptors (Lipinski definition) is 6. The molecular weight excluding hydrogens is 396 g/mol. The van der Waals surface area contributed by atoms with E-state index in [9.17, 15) is 25.0 Å².